The van der Waals surface area contributed by atoms with Gasteiger partial charge in [-0.3, -0.25) is 14.2 Å². The third-order valence-corrected chi connectivity index (χ3v) is 9.85. The predicted molar refractivity (Wildman–Crippen MR) is 210 cm³/mol. The lowest BCUT2D eigenvalue weighted by Crippen LogP contribution is -2.57. The Kier molecular flexibility index (Phi) is 15.5. The minimum Gasteiger partial charge on any atom is -0.489 e. The minimum absolute atomic E-state index is 0.0302. The van der Waals surface area contributed by atoms with E-state index in [-0.39, 0.29) is 18.8 Å². The number of alkyl carbamates (subject to hydrolysis) is 1. The van der Waals surface area contributed by atoms with Crippen molar-refractivity contribution in [1.82, 2.24) is 16.0 Å². The van der Waals surface area contributed by atoms with E-state index >= 15 is 0 Å². The van der Waals surface area contributed by atoms with Crippen LogP contribution in [0.25, 0.3) is 0 Å². The summed E-state index contributed by atoms with van der Waals surface area (Å²) < 4.78 is 29.9. The average molecular weight is 774 g/mol. The first-order valence-corrected chi connectivity index (χ1v) is 19.9. The fourth-order valence-corrected chi connectivity index (χ4v) is 6.25. The van der Waals surface area contributed by atoms with Crippen LogP contribution in [0.4, 0.5) is 4.79 Å². The molecule has 4 aromatic rings. The summed E-state index contributed by atoms with van der Waals surface area (Å²) in [5, 5.41) is 7.89. The molecule has 0 fully saturated rings. The summed E-state index contributed by atoms with van der Waals surface area (Å²) in [5.41, 5.74) is 2.36. The second-order valence-corrected chi connectivity index (χ2v) is 16.2. The van der Waals surface area contributed by atoms with Gasteiger partial charge in [-0.05, 0) is 73.2 Å². The second kappa shape index (κ2) is 20.0. The number of ether oxygens (including phenoxy) is 3. The van der Waals surface area contributed by atoms with Gasteiger partial charge < -0.3 is 39.9 Å². The standard InChI is InChI=1S/C42H52N3O9P/c1-6-29(2)38(45-41(48)54-42(3,4)5)40(47)43-36(25-30-17-21-34(22-18-30)52-27-32-13-9-7-10-14-32)39(46)44-37(55(49,50)51)26-31-19-23-35(24-20-31)53-28-33-15-11-8-12-16-33/h7-24,29,36-38H,6,25-28H2,1-5H3,(H,43,47)(H,44,46)(H,45,48)(H2,49,50,51)/t29-,36-,37+,38-/m0/s1. The van der Waals surface area contributed by atoms with E-state index in [1.807, 2.05) is 67.6 Å². The van der Waals surface area contributed by atoms with Crippen LogP contribution in [0.15, 0.2) is 109 Å². The molecule has 12 nitrogen and oxygen atoms in total. The molecule has 0 unspecified atom stereocenters. The lowest BCUT2D eigenvalue weighted by atomic mass is 9.97. The number of nitrogens with one attached hydrogen (secondary N) is 3. The zero-order chi connectivity index (χ0) is 40.0. The third kappa shape index (κ3) is 14.5. The first-order valence-electron chi connectivity index (χ1n) is 18.3. The van der Waals surface area contributed by atoms with Crippen LogP contribution in [0.3, 0.4) is 0 Å². The molecule has 0 heterocycles. The summed E-state index contributed by atoms with van der Waals surface area (Å²) in [6.45, 7) is 9.46. The van der Waals surface area contributed by atoms with Crippen molar-refractivity contribution in [2.45, 2.75) is 90.6 Å². The second-order valence-electron chi connectivity index (χ2n) is 14.4. The van der Waals surface area contributed by atoms with Gasteiger partial charge in [0.15, 0.2) is 0 Å². The summed E-state index contributed by atoms with van der Waals surface area (Å²) in [4.78, 5) is 61.3. The van der Waals surface area contributed by atoms with Crippen molar-refractivity contribution in [3.8, 4) is 11.5 Å². The molecule has 4 rings (SSSR count). The molecule has 0 radical (unpaired) electrons. The zero-order valence-corrected chi connectivity index (χ0v) is 32.8. The highest BCUT2D eigenvalue weighted by Gasteiger charge is 2.35. The summed E-state index contributed by atoms with van der Waals surface area (Å²) in [7, 11) is -4.90. The normalized spacial score (nSPS) is 13.7. The van der Waals surface area contributed by atoms with Gasteiger partial charge in [0.25, 0.3) is 0 Å². The zero-order valence-electron chi connectivity index (χ0n) is 31.9. The molecule has 0 aliphatic rings. The largest absolute Gasteiger partial charge is 0.489 e. The van der Waals surface area contributed by atoms with E-state index in [2.05, 4.69) is 16.0 Å². The third-order valence-electron chi connectivity index (χ3n) is 8.73. The highest BCUT2D eigenvalue weighted by molar-refractivity contribution is 7.52. The summed E-state index contributed by atoms with van der Waals surface area (Å²) in [6.07, 6.45) is -0.500. The molecule has 0 aliphatic heterocycles. The Morgan fingerprint density at radius 2 is 1.13 bits per heavy atom. The van der Waals surface area contributed by atoms with E-state index in [0.29, 0.717) is 42.3 Å². The smallest absolute Gasteiger partial charge is 0.408 e. The van der Waals surface area contributed by atoms with Gasteiger partial charge in [0.1, 0.15) is 48.2 Å². The van der Waals surface area contributed by atoms with Crippen molar-refractivity contribution < 1.29 is 42.9 Å². The molecule has 294 valence electrons. The molecule has 3 amide bonds. The molecule has 0 bridgehead atoms. The Hall–Kier alpha value is -5.16. The molecule has 55 heavy (non-hydrogen) atoms. The Morgan fingerprint density at radius 1 is 0.655 bits per heavy atom. The predicted octanol–water partition coefficient (Wildman–Crippen LogP) is 6.67. The highest BCUT2D eigenvalue weighted by Crippen LogP contribution is 2.41. The Bertz CT molecular complexity index is 1860. The number of carbonyl (C=O) groups excluding carboxylic acids is 3. The minimum atomic E-state index is -4.90. The van der Waals surface area contributed by atoms with Gasteiger partial charge >= 0.3 is 13.7 Å². The first-order chi connectivity index (χ1) is 26.1. The lowest BCUT2D eigenvalue weighted by Gasteiger charge is -2.29. The molecule has 0 saturated carbocycles. The van der Waals surface area contributed by atoms with Crippen LogP contribution in [-0.2, 0) is 44.9 Å². The van der Waals surface area contributed by atoms with E-state index in [9.17, 15) is 28.7 Å². The van der Waals surface area contributed by atoms with Crippen molar-refractivity contribution in [1.29, 1.82) is 0 Å². The Morgan fingerprint density at radius 3 is 1.56 bits per heavy atom. The summed E-state index contributed by atoms with van der Waals surface area (Å²) in [5.74, 6) is -2.25. The molecule has 0 saturated heterocycles. The highest BCUT2D eigenvalue weighted by atomic mass is 31.2. The van der Waals surface area contributed by atoms with Crippen molar-refractivity contribution in [3.05, 3.63) is 131 Å². The number of benzene rings is 4. The number of amides is 3. The molecule has 0 aromatic heterocycles. The molecule has 4 atom stereocenters. The Balaban J connectivity index is 1.52. The summed E-state index contributed by atoms with van der Waals surface area (Å²) >= 11 is 0. The molecule has 0 spiro atoms. The van der Waals surface area contributed by atoms with Crippen molar-refractivity contribution in [2.75, 3.05) is 0 Å². The van der Waals surface area contributed by atoms with Crippen molar-refractivity contribution in [3.63, 3.8) is 0 Å². The SMILES string of the molecule is CC[C@H](C)[C@H](NC(=O)OC(C)(C)C)C(=O)N[C@@H](Cc1ccc(OCc2ccccc2)cc1)C(=O)N[C@@H](Cc1ccc(OCc2ccccc2)cc1)P(=O)(O)O. The van der Waals surface area contributed by atoms with E-state index < -0.39 is 49.0 Å². The average Bonchev–Trinajstić information content (AvgIpc) is 3.15. The molecular formula is C42H52N3O9P. The van der Waals surface area contributed by atoms with Crippen LogP contribution in [0.1, 0.15) is 63.3 Å². The molecule has 5 N–H and O–H groups in total. The number of hydrogen-bond donors (Lipinski definition) is 5. The quantitative estimate of drug-likeness (QED) is 0.0693. The number of carbonyl (C=O) groups is 3. The van der Waals surface area contributed by atoms with E-state index in [4.69, 9.17) is 14.2 Å². The molecule has 4 aromatic carbocycles. The fourth-order valence-electron chi connectivity index (χ4n) is 5.51. The monoisotopic (exact) mass is 773 g/mol. The molecule has 0 aliphatic carbocycles. The summed E-state index contributed by atoms with van der Waals surface area (Å²) in [6, 6.07) is 30.7. The van der Waals surface area contributed by atoms with Crippen molar-refractivity contribution in [2.24, 2.45) is 5.92 Å². The molecule has 13 heteroatoms. The Labute approximate surface area is 323 Å². The topological polar surface area (TPSA) is 173 Å². The van der Waals surface area contributed by atoms with Gasteiger partial charge in [-0.25, -0.2) is 4.79 Å². The van der Waals surface area contributed by atoms with Crippen LogP contribution in [-0.4, -0.2) is 51.2 Å². The maximum atomic E-state index is 14.0. The van der Waals surface area contributed by atoms with Crippen LogP contribution in [0, 0.1) is 5.92 Å². The molecular weight excluding hydrogens is 721 g/mol. The maximum absolute atomic E-state index is 14.0. The van der Waals surface area contributed by atoms with Gasteiger partial charge in [0, 0.05) is 12.8 Å². The number of rotatable bonds is 18. The maximum Gasteiger partial charge on any atom is 0.408 e. The van der Waals surface area contributed by atoms with E-state index in [1.54, 1.807) is 76.2 Å². The van der Waals surface area contributed by atoms with Crippen LogP contribution < -0.4 is 25.4 Å². The van der Waals surface area contributed by atoms with Crippen LogP contribution >= 0.6 is 7.60 Å². The first kappa shape index (κ1) is 42.6. The van der Waals surface area contributed by atoms with Gasteiger partial charge in [-0.2, -0.15) is 0 Å². The van der Waals surface area contributed by atoms with Gasteiger partial charge in [-0.1, -0.05) is 105 Å². The van der Waals surface area contributed by atoms with E-state index in [0.717, 1.165) is 11.1 Å². The van der Waals surface area contributed by atoms with Gasteiger partial charge in [-0.15, -0.1) is 0 Å². The van der Waals surface area contributed by atoms with Gasteiger partial charge in [0.2, 0.25) is 11.8 Å². The van der Waals surface area contributed by atoms with E-state index in [1.165, 1.54) is 0 Å². The van der Waals surface area contributed by atoms with Gasteiger partial charge in [0.05, 0.1) is 0 Å². The number of hydrogen-bond acceptors (Lipinski definition) is 7. The fraction of sp³-hybridized carbons (Fsp3) is 0.357. The van der Waals surface area contributed by atoms with Crippen LogP contribution in [0.5, 0.6) is 11.5 Å². The van der Waals surface area contributed by atoms with Crippen LogP contribution in [0.2, 0.25) is 0 Å². The van der Waals surface area contributed by atoms with Crippen molar-refractivity contribution >= 4 is 25.5 Å². The lowest BCUT2D eigenvalue weighted by molar-refractivity contribution is -0.130.